The third-order valence-electron chi connectivity index (χ3n) is 3.68. The van der Waals surface area contributed by atoms with E-state index in [9.17, 15) is 4.79 Å². The number of aromatic nitrogens is 1. The van der Waals surface area contributed by atoms with Crippen molar-refractivity contribution in [1.82, 2.24) is 10.3 Å². The number of nitrogens with one attached hydrogen (secondary N) is 1. The molecule has 0 aliphatic rings. The fraction of sp³-hybridized carbons (Fsp3) is 0.222. The molecule has 3 aromatic rings. The van der Waals surface area contributed by atoms with Gasteiger partial charge >= 0.3 is 0 Å². The number of hydrogen-bond donors (Lipinski definition) is 1. The lowest BCUT2D eigenvalue weighted by atomic mass is 10.1. The Bertz CT molecular complexity index is 862. The Labute approximate surface area is 163 Å². The second-order valence-corrected chi connectivity index (χ2v) is 8.14. The van der Waals surface area contributed by atoms with Gasteiger partial charge in [-0.15, -0.1) is 22.7 Å². The molecular formula is C18H17BrN2O2S2. The number of thiazole rings is 1. The van der Waals surface area contributed by atoms with Gasteiger partial charge in [0.05, 0.1) is 34.6 Å². The topological polar surface area (TPSA) is 51.2 Å². The molecule has 0 saturated heterocycles. The largest absolute Gasteiger partial charge is 0.496 e. The van der Waals surface area contributed by atoms with Crippen LogP contribution in [-0.4, -0.2) is 18.0 Å². The minimum Gasteiger partial charge on any atom is -0.496 e. The number of nitrogens with zero attached hydrogens (tertiary/aromatic N) is 1. The van der Waals surface area contributed by atoms with Crippen molar-refractivity contribution in [2.45, 2.75) is 19.4 Å². The maximum Gasteiger partial charge on any atom is 0.226 e. The van der Waals surface area contributed by atoms with Crippen LogP contribution >= 0.6 is 38.6 Å². The van der Waals surface area contributed by atoms with E-state index in [0.29, 0.717) is 0 Å². The van der Waals surface area contributed by atoms with Gasteiger partial charge in [0.2, 0.25) is 5.91 Å². The van der Waals surface area contributed by atoms with Crippen LogP contribution in [0, 0.1) is 0 Å². The summed E-state index contributed by atoms with van der Waals surface area (Å²) in [5.41, 5.74) is 1.81. The van der Waals surface area contributed by atoms with Crippen LogP contribution in [0.5, 0.6) is 5.75 Å². The zero-order chi connectivity index (χ0) is 17.8. The maximum absolute atomic E-state index is 12.3. The van der Waals surface area contributed by atoms with Crippen molar-refractivity contribution in [1.29, 1.82) is 0 Å². The highest BCUT2D eigenvalue weighted by Gasteiger charge is 2.14. The summed E-state index contributed by atoms with van der Waals surface area (Å²) < 4.78 is 6.10. The van der Waals surface area contributed by atoms with Gasteiger partial charge in [-0.25, -0.2) is 4.98 Å². The van der Waals surface area contributed by atoms with Crippen LogP contribution < -0.4 is 10.1 Å². The summed E-state index contributed by atoms with van der Waals surface area (Å²) in [4.78, 5) is 18.0. The van der Waals surface area contributed by atoms with Crippen LogP contribution in [0.4, 0.5) is 0 Å². The number of carbonyl (C=O) groups is 1. The Morgan fingerprint density at radius 1 is 1.36 bits per heavy atom. The molecule has 1 atom stereocenters. The van der Waals surface area contributed by atoms with Crippen molar-refractivity contribution in [2.24, 2.45) is 0 Å². The Balaban J connectivity index is 1.61. The van der Waals surface area contributed by atoms with Gasteiger partial charge < -0.3 is 10.1 Å². The summed E-state index contributed by atoms with van der Waals surface area (Å²) in [7, 11) is 1.63. The fourth-order valence-electron chi connectivity index (χ4n) is 2.39. The fourth-order valence-corrected chi connectivity index (χ4v) is 4.59. The normalized spacial score (nSPS) is 12.0. The highest BCUT2D eigenvalue weighted by atomic mass is 79.9. The summed E-state index contributed by atoms with van der Waals surface area (Å²) in [6.07, 6.45) is 0.281. The predicted molar refractivity (Wildman–Crippen MR) is 106 cm³/mol. The number of carbonyl (C=O) groups excluding carboxylic acids is 1. The van der Waals surface area contributed by atoms with Crippen LogP contribution in [-0.2, 0) is 11.2 Å². The van der Waals surface area contributed by atoms with Crippen LogP contribution in [0.15, 0.2) is 45.6 Å². The van der Waals surface area contributed by atoms with Crippen molar-refractivity contribution in [3.63, 3.8) is 0 Å². The first kappa shape index (κ1) is 18.1. The summed E-state index contributed by atoms with van der Waals surface area (Å²) in [6.45, 7) is 1.96. The summed E-state index contributed by atoms with van der Waals surface area (Å²) in [5.74, 6) is 0.730. The average Bonchev–Trinajstić information content (AvgIpc) is 3.25. The molecule has 0 saturated carbocycles. The molecular weight excluding hydrogens is 420 g/mol. The van der Waals surface area contributed by atoms with Gasteiger partial charge in [0, 0.05) is 5.38 Å². The zero-order valence-corrected chi connectivity index (χ0v) is 17.0. The Morgan fingerprint density at radius 3 is 2.88 bits per heavy atom. The van der Waals surface area contributed by atoms with Gasteiger partial charge in [-0.1, -0.05) is 12.1 Å². The molecule has 0 fully saturated rings. The number of methoxy groups -OCH3 is 1. The van der Waals surface area contributed by atoms with Crippen LogP contribution in [0.2, 0.25) is 0 Å². The van der Waals surface area contributed by atoms with Gasteiger partial charge in [0.25, 0.3) is 0 Å². The second kappa shape index (κ2) is 8.12. The molecule has 3 rings (SSSR count). The predicted octanol–water partition coefficient (Wildman–Crippen LogP) is 5.06. The monoisotopic (exact) mass is 436 g/mol. The number of halogens is 1. The molecule has 1 N–H and O–H groups in total. The van der Waals surface area contributed by atoms with Gasteiger partial charge in [-0.2, -0.15) is 0 Å². The first-order valence-electron chi connectivity index (χ1n) is 7.68. The molecule has 7 heteroatoms. The third kappa shape index (κ3) is 4.48. The smallest absolute Gasteiger partial charge is 0.226 e. The lowest BCUT2D eigenvalue weighted by Gasteiger charge is -2.15. The van der Waals surface area contributed by atoms with E-state index in [2.05, 4.69) is 26.2 Å². The summed E-state index contributed by atoms with van der Waals surface area (Å²) in [6, 6.07) is 9.74. The molecule has 2 aromatic heterocycles. The lowest BCUT2D eigenvalue weighted by molar-refractivity contribution is -0.121. The number of rotatable bonds is 6. The molecule has 4 nitrogen and oxygen atoms in total. The molecule has 2 heterocycles. The van der Waals surface area contributed by atoms with Crippen molar-refractivity contribution in [3.8, 4) is 15.6 Å². The van der Waals surface area contributed by atoms with Crippen molar-refractivity contribution >= 4 is 44.5 Å². The van der Waals surface area contributed by atoms with E-state index in [1.54, 1.807) is 29.8 Å². The first-order valence-corrected chi connectivity index (χ1v) is 10.2. The van der Waals surface area contributed by atoms with Crippen molar-refractivity contribution in [3.05, 3.63) is 56.8 Å². The van der Waals surface area contributed by atoms with E-state index in [1.807, 2.05) is 48.0 Å². The van der Waals surface area contributed by atoms with Gasteiger partial charge in [0.1, 0.15) is 10.8 Å². The quantitative estimate of drug-likeness (QED) is 0.586. The van der Waals surface area contributed by atoms with E-state index in [4.69, 9.17) is 4.74 Å². The summed E-state index contributed by atoms with van der Waals surface area (Å²) >= 11 is 6.69. The second-order valence-electron chi connectivity index (χ2n) is 5.48. The molecule has 25 heavy (non-hydrogen) atoms. The van der Waals surface area contributed by atoms with Gasteiger partial charge in [-0.05, 0) is 52.0 Å². The number of hydrogen-bond acceptors (Lipinski definition) is 5. The third-order valence-corrected chi connectivity index (χ3v) is 6.23. The van der Waals surface area contributed by atoms with Crippen LogP contribution in [0.3, 0.4) is 0 Å². The highest BCUT2D eigenvalue weighted by Crippen LogP contribution is 2.29. The van der Waals surface area contributed by atoms with E-state index in [0.717, 1.165) is 31.4 Å². The molecule has 0 aliphatic carbocycles. The van der Waals surface area contributed by atoms with E-state index >= 15 is 0 Å². The SMILES string of the molecule is COc1ccc(C(C)NC(=O)Cc2csc(-c3cccs3)n2)cc1Br. The molecule has 0 radical (unpaired) electrons. The van der Waals surface area contributed by atoms with E-state index < -0.39 is 0 Å². The minimum absolute atomic E-state index is 0.0394. The number of benzene rings is 1. The zero-order valence-electron chi connectivity index (χ0n) is 13.8. The van der Waals surface area contributed by atoms with Crippen molar-refractivity contribution in [2.75, 3.05) is 7.11 Å². The number of thiophene rings is 1. The van der Waals surface area contributed by atoms with E-state index in [-0.39, 0.29) is 18.4 Å². The number of ether oxygens (including phenoxy) is 1. The summed E-state index contributed by atoms with van der Waals surface area (Å²) in [5, 5.41) is 7.96. The molecule has 0 bridgehead atoms. The molecule has 1 unspecified atom stereocenters. The average molecular weight is 437 g/mol. The molecule has 0 aliphatic heterocycles. The minimum atomic E-state index is -0.0925. The molecule has 0 spiro atoms. The van der Waals surface area contributed by atoms with Crippen LogP contribution in [0.25, 0.3) is 9.88 Å². The highest BCUT2D eigenvalue weighted by molar-refractivity contribution is 9.10. The van der Waals surface area contributed by atoms with E-state index in [1.165, 1.54) is 0 Å². The number of amides is 1. The van der Waals surface area contributed by atoms with Crippen molar-refractivity contribution < 1.29 is 9.53 Å². The first-order chi connectivity index (χ1) is 12.1. The Kier molecular flexibility index (Phi) is 5.88. The Morgan fingerprint density at radius 2 is 2.20 bits per heavy atom. The Hall–Kier alpha value is -1.70. The van der Waals surface area contributed by atoms with Gasteiger partial charge in [-0.3, -0.25) is 4.79 Å². The molecule has 1 amide bonds. The molecule has 1 aromatic carbocycles. The van der Waals surface area contributed by atoms with Crippen LogP contribution in [0.1, 0.15) is 24.2 Å². The maximum atomic E-state index is 12.3. The standard InChI is InChI=1S/C18H17BrN2O2S2/c1-11(12-5-6-15(23-2)14(19)8-12)20-17(22)9-13-10-25-18(21-13)16-4-3-7-24-16/h3-8,10-11H,9H2,1-2H3,(H,20,22). The lowest BCUT2D eigenvalue weighted by Crippen LogP contribution is -2.28. The van der Waals surface area contributed by atoms with Gasteiger partial charge in [0.15, 0.2) is 0 Å². The molecule has 130 valence electrons.